The number of hydrogen-bond donors (Lipinski definition) is 4. The molecule has 4 N–H and O–H groups in total. The summed E-state index contributed by atoms with van der Waals surface area (Å²) in [6.45, 7) is 2.02. The molecule has 0 saturated heterocycles. The minimum Gasteiger partial charge on any atom is -0.481 e. The maximum Gasteiger partial charge on any atom is 0.345 e. The van der Waals surface area contributed by atoms with E-state index >= 15 is 0 Å². The molecule has 0 amide bonds. The molecular weight excluding hydrogens is 264 g/mol. The predicted molar refractivity (Wildman–Crippen MR) is 57.1 cm³/mol. The monoisotopic (exact) mass is 278 g/mol. The number of ether oxygens (including phenoxy) is 1. The maximum absolute atomic E-state index is 11.3. The predicted octanol–water partition coefficient (Wildman–Crippen LogP) is -1.21. The topological polar surface area (TPSA) is 158 Å². The Kier molecular flexibility index (Phi) is 5.93. The Morgan fingerprint density at radius 3 is 1.58 bits per heavy atom. The van der Waals surface area contributed by atoms with E-state index < -0.39 is 47.9 Å². The number of aliphatic hydroxyl groups is 1. The van der Waals surface area contributed by atoms with Gasteiger partial charge < -0.3 is 25.2 Å². The summed E-state index contributed by atoms with van der Waals surface area (Å²) < 4.78 is 4.34. The van der Waals surface area contributed by atoms with Crippen molar-refractivity contribution >= 4 is 23.9 Å². The molecule has 19 heavy (non-hydrogen) atoms. The van der Waals surface area contributed by atoms with Gasteiger partial charge in [-0.05, 0) is 13.8 Å². The van der Waals surface area contributed by atoms with Gasteiger partial charge in [-0.15, -0.1) is 0 Å². The van der Waals surface area contributed by atoms with Crippen LogP contribution in [0, 0.1) is 11.8 Å². The highest BCUT2D eigenvalue weighted by Gasteiger charge is 2.37. The van der Waals surface area contributed by atoms with E-state index in [1.165, 1.54) is 0 Å². The van der Waals surface area contributed by atoms with Crippen LogP contribution >= 0.6 is 0 Å². The molecule has 108 valence electrons. The summed E-state index contributed by atoms with van der Waals surface area (Å²) in [5.41, 5.74) is 0. The third-order valence-electron chi connectivity index (χ3n) is 2.43. The van der Waals surface area contributed by atoms with E-state index in [1.54, 1.807) is 0 Å². The molecule has 0 spiro atoms. The number of hydrogen-bond acceptors (Lipinski definition) is 6. The van der Waals surface area contributed by atoms with Crippen molar-refractivity contribution in [3.05, 3.63) is 0 Å². The minimum absolute atomic E-state index is 1.00. The molecule has 0 bridgehead atoms. The van der Waals surface area contributed by atoms with Gasteiger partial charge in [0.05, 0.1) is 5.92 Å². The van der Waals surface area contributed by atoms with Crippen molar-refractivity contribution in [2.75, 3.05) is 0 Å². The summed E-state index contributed by atoms with van der Waals surface area (Å²) in [5.74, 6) is -9.27. The first-order valence-corrected chi connectivity index (χ1v) is 5.16. The van der Waals surface area contributed by atoms with E-state index in [1.807, 2.05) is 0 Å². The van der Waals surface area contributed by atoms with Gasteiger partial charge in [-0.1, -0.05) is 0 Å². The molecule has 0 aromatic heterocycles. The van der Waals surface area contributed by atoms with Gasteiger partial charge in [-0.25, -0.2) is 9.59 Å². The second kappa shape index (κ2) is 6.69. The summed E-state index contributed by atoms with van der Waals surface area (Å²) in [6, 6.07) is 0. The second-order valence-electron chi connectivity index (χ2n) is 3.89. The van der Waals surface area contributed by atoms with Crippen LogP contribution in [0.5, 0.6) is 0 Å². The quantitative estimate of drug-likeness (QED) is 0.419. The number of rotatable bonds is 7. The molecule has 0 fully saturated rings. The van der Waals surface area contributed by atoms with Gasteiger partial charge in [-0.3, -0.25) is 9.59 Å². The third-order valence-corrected chi connectivity index (χ3v) is 2.43. The Morgan fingerprint density at radius 1 is 0.842 bits per heavy atom. The summed E-state index contributed by atoms with van der Waals surface area (Å²) in [7, 11) is 0. The molecule has 9 heteroatoms. The summed E-state index contributed by atoms with van der Waals surface area (Å²) in [5, 5.41) is 35.2. The Balaban J connectivity index is 4.87. The van der Waals surface area contributed by atoms with Gasteiger partial charge in [0.1, 0.15) is 5.92 Å². The summed E-state index contributed by atoms with van der Waals surface area (Å²) >= 11 is 0. The SMILES string of the molecule is CC(C(=O)O)C(O)C(=O)OC(C(=O)O)C(C)C(=O)O. The van der Waals surface area contributed by atoms with Crippen molar-refractivity contribution in [3.8, 4) is 0 Å². The third kappa shape index (κ3) is 4.54. The molecule has 9 nitrogen and oxygen atoms in total. The first-order valence-electron chi connectivity index (χ1n) is 5.16. The number of aliphatic hydroxyl groups excluding tert-OH is 1. The van der Waals surface area contributed by atoms with Crippen LogP contribution in [0.25, 0.3) is 0 Å². The molecule has 0 rings (SSSR count). The average molecular weight is 278 g/mol. The standard InChI is InChI=1S/C10H14O9/c1-3(7(12)13)5(11)10(18)19-6(9(16)17)4(2)8(14)15/h3-6,11H,1-2H3,(H,12,13)(H,14,15)(H,16,17). The van der Waals surface area contributed by atoms with Crippen molar-refractivity contribution in [1.29, 1.82) is 0 Å². The van der Waals surface area contributed by atoms with E-state index in [-0.39, 0.29) is 0 Å². The highest BCUT2D eigenvalue weighted by Crippen LogP contribution is 2.12. The lowest BCUT2D eigenvalue weighted by Gasteiger charge is -2.20. The number of carboxylic acids is 3. The van der Waals surface area contributed by atoms with Gasteiger partial charge in [0.2, 0.25) is 6.10 Å². The zero-order chi connectivity index (χ0) is 15.3. The Morgan fingerprint density at radius 2 is 1.26 bits per heavy atom. The van der Waals surface area contributed by atoms with Crippen LogP contribution in [0.2, 0.25) is 0 Å². The van der Waals surface area contributed by atoms with Crippen LogP contribution in [0.15, 0.2) is 0 Å². The van der Waals surface area contributed by atoms with Crippen molar-refractivity contribution in [1.82, 2.24) is 0 Å². The zero-order valence-electron chi connectivity index (χ0n) is 10.1. The lowest BCUT2D eigenvalue weighted by molar-refractivity contribution is -0.180. The lowest BCUT2D eigenvalue weighted by Crippen LogP contribution is -2.42. The van der Waals surface area contributed by atoms with Gasteiger partial charge >= 0.3 is 23.9 Å². The molecule has 0 aliphatic carbocycles. The number of carbonyl (C=O) groups excluding carboxylic acids is 1. The van der Waals surface area contributed by atoms with Crippen LogP contribution in [-0.4, -0.2) is 56.5 Å². The maximum atomic E-state index is 11.3. The first kappa shape index (κ1) is 16.8. The fourth-order valence-corrected chi connectivity index (χ4v) is 1.03. The normalized spacial score (nSPS) is 16.8. The smallest absolute Gasteiger partial charge is 0.345 e. The molecule has 0 radical (unpaired) electrons. The summed E-state index contributed by atoms with van der Waals surface area (Å²) in [4.78, 5) is 43.3. The minimum atomic E-state index is -2.08. The Bertz CT molecular complexity index is 388. The van der Waals surface area contributed by atoms with Crippen LogP contribution in [0.1, 0.15) is 13.8 Å². The highest BCUT2D eigenvalue weighted by atomic mass is 16.6. The molecule has 4 atom stereocenters. The fraction of sp³-hybridized carbons (Fsp3) is 0.600. The van der Waals surface area contributed by atoms with Gasteiger partial charge in [0.25, 0.3) is 0 Å². The van der Waals surface area contributed by atoms with Crippen molar-refractivity contribution in [3.63, 3.8) is 0 Å². The van der Waals surface area contributed by atoms with E-state index in [9.17, 15) is 24.3 Å². The van der Waals surface area contributed by atoms with E-state index in [0.717, 1.165) is 13.8 Å². The Labute approximate surface area is 107 Å². The number of aliphatic carboxylic acids is 3. The van der Waals surface area contributed by atoms with E-state index in [2.05, 4.69) is 4.74 Å². The molecule has 0 heterocycles. The van der Waals surface area contributed by atoms with Crippen LogP contribution in [-0.2, 0) is 23.9 Å². The van der Waals surface area contributed by atoms with E-state index in [4.69, 9.17) is 15.3 Å². The van der Waals surface area contributed by atoms with Crippen molar-refractivity contribution in [2.24, 2.45) is 11.8 Å². The molecule has 0 aliphatic heterocycles. The number of carboxylic acid groups (broad SMARTS) is 3. The summed E-state index contributed by atoms with van der Waals surface area (Å²) in [6.07, 6.45) is -4.10. The lowest BCUT2D eigenvalue weighted by atomic mass is 10.0. The second-order valence-corrected chi connectivity index (χ2v) is 3.89. The average Bonchev–Trinajstić information content (AvgIpc) is 2.31. The van der Waals surface area contributed by atoms with Crippen LogP contribution < -0.4 is 0 Å². The van der Waals surface area contributed by atoms with E-state index in [0.29, 0.717) is 0 Å². The van der Waals surface area contributed by atoms with Crippen LogP contribution in [0.4, 0.5) is 0 Å². The largest absolute Gasteiger partial charge is 0.481 e. The zero-order valence-corrected chi connectivity index (χ0v) is 10.1. The fourth-order valence-electron chi connectivity index (χ4n) is 1.03. The van der Waals surface area contributed by atoms with Crippen molar-refractivity contribution < 1.29 is 44.3 Å². The van der Waals surface area contributed by atoms with Crippen molar-refractivity contribution in [2.45, 2.75) is 26.1 Å². The van der Waals surface area contributed by atoms with Crippen LogP contribution in [0.3, 0.4) is 0 Å². The molecule has 0 saturated carbocycles. The van der Waals surface area contributed by atoms with Gasteiger partial charge in [0, 0.05) is 0 Å². The first-order chi connectivity index (χ1) is 8.59. The molecular formula is C10H14O9. The van der Waals surface area contributed by atoms with Gasteiger partial charge in [-0.2, -0.15) is 0 Å². The molecule has 0 aliphatic rings. The van der Waals surface area contributed by atoms with Gasteiger partial charge in [0.15, 0.2) is 6.10 Å². The Hall–Kier alpha value is -2.16. The number of esters is 1. The molecule has 4 unspecified atom stereocenters. The number of carbonyl (C=O) groups is 4. The highest BCUT2D eigenvalue weighted by molar-refractivity contribution is 5.87. The molecule has 0 aromatic rings. The molecule has 0 aromatic carbocycles.